The third-order valence-corrected chi connectivity index (χ3v) is 2.88. The van der Waals surface area contributed by atoms with Gasteiger partial charge in [0.05, 0.1) is 24.7 Å². The molecule has 1 atom stereocenters. The molecule has 1 aromatic rings. The SMILES string of the molecule is COCC(Nc1ccc(OC)c([N+](=O)[O-])c1)C(C)C. The molecule has 0 fully saturated rings. The maximum absolute atomic E-state index is 11.0. The van der Waals surface area contributed by atoms with Crippen LogP contribution in [0.4, 0.5) is 11.4 Å². The van der Waals surface area contributed by atoms with Crippen molar-refractivity contribution in [3.8, 4) is 5.75 Å². The summed E-state index contributed by atoms with van der Waals surface area (Å²) in [5.74, 6) is 0.601. The number of nitro benzene ring substituents is 1. The van der Waals surface area contributed by atoms with E-state index in [2.05, 4.69) is 19.2 Å². The van der Waals surface area contributed by atoms with Crippen molar-refractivity contribution in [1.29, 1.82) is 0 Å². The summed E-state index contributed by atoms with van der Waals surface area (Å²) >= 11 is 0. The molecule has 19 heavy (non-hydrogen) atoms. The molecule has 0 aliphatic rings. The lowest BCUT2D eigenvalue weighted by molar-refractivity contribution is -0.385. The standard InChI is InChI=1S/C13H20N2O4/c1-9(2)11(8-18-3)14-10-5-6-13(19-4)12(7-10)15(16)17/h5-7,9,11,14H,8H2,1-4H3. The lowest BCUT2D eigenvalue weighted by Crippen LogP contribution is -2.30. The van der Waals surface area contributed by atoms with Crippen molar-refractivity contribution in [3.63, 3.8) is 0 Å². The molecule has 0 aliphatic heterocycles. The molecule has 0 saturated carbocycles. The zero-order valence-corrected chi connectivity index (χ0v) is 11.7. The number of rotatable bonds is 7. The molecule has 6 nitrogen and oxygen atoms in total. The van der Waals surface area contributed by atoms with Crippen molar-refractivity contribution in [1.82, 2.24) is 0 Å². The van der Waals surface area contributed by atoms with Gasteiger partial charge in [-0.25, -0.2) is 0 Å². The summed E-state index contributed by atoms with van der Waals surface area (Å²) in [7, 11) is 3.05. The van der Waals surface area contributed by atoms with E-state index in [1.54, 1.807) is 19.2 Å². The number of anilines is 1. The van der Waals surface area contributed by atoms with Crippen molar-refractivity contribution in [2.45, 2.75) is 19.9 Å². The summed E-state index contributed by atoms with van der Waals surface area (Å²) in [5.41, 5.74) is 0.635. The van der Waals surface area contributed by atoms with Gasteiger partial charge in [0, 0.05) is 18.9 Å². The van der Waals surface area contributed by atoms with Gasteiger partial charge in [0.2, 0.25) is 0 Å². The van der Waals surface area contributed by atoms with Crippen LogP contribution in [0.2, 0.25) is 0 Å². The summed E-state index contributed by atoms with van der Waals surface area (Å²) in [6.45, 7) is 4.67. The fourth-order valence-electron chi connectivity index (χ4n) is 1.72. The Hall–Kier alpha value is -1.82. The number of ether oxygens (including phenoxy) is 2. The van der Waals surface area contributed by atoms with Gasteiger partial charge < -0.3 is 14.8 Å². The Bertz CT molecular complexity index is 435. The van der Waals surface area contributed by atoms with Crippen molar-refractivity contribution in [3.05, 3.63) is 28.3 Å². The first-order valence-electron chi connectivity index (χ1n) is 6.07. The van der Waals surface area contributed by atoms with Crippen LogP contribution in [-0.4, -0.2) is 31.8 Å². The van der Waals surface area contributed by atoms with Crippen LogP contribution in [0.15, 0.2) is 18.2 Å². The van der Waals surface area contributed by atoms with Crippen LogP contribution in [0.3, 0.4) is 0 Å². The van der Waals surface area contributed by atoms with Gasteiger partial charge in [-0.2, -0.15) is 0 Å². The average molecular weight is 268 g/mol. The van der Waals surface area contributed by atoms with E-state index in [4.69, 9.17) is 9.47 Å². The normalized spacial score (nSPS) is 12.3. The minimum Gasteiger partial charge on any atom is -0.490 e. The molecule has 1 aromatic carbocycles. The van der Waals surface area contributed by atoms with E-state index in [0.29, 0.717) is 18.2 Å². The molecule has 1 rings (SSSR count). The van der Waals surface area contributed by atoms with E-state index in [-0.39, 0.29) is 17.5 Å². The van der Waals surface area contributed by atoms with Gasteiger partial charge in [-0.05, 0) is 18.1 Å². The van der Waals surface area contributed by atoms with E-state index in [1.165, 1.54) is 13.2 Å². The molecule has 0 spiro atoms. The van der Waals surface area contributed by atoms with Crippen molar-refractivity contribution in [2.24, 2.45) is 5.92 Å². The van der Waals surface area contributed by atoms with Gasteiger partial charge in [0.1, 0.15) is 0 Å². The Labute approximate surface area is 112 Å². The minimum atomic E-state index is -0.454. The van der Waals surface area contributed by atoms with Crippen molar-refractivity contribution < 1.29 is 14.4 Å². The Morgan fingerprint density at radius 2 is 2.05 bits per heavy atom. The second-order valence-corrected chi connectivity index (χ2v) is 4.59. The van der Waals surface area contributed by atoms with E-state index >= 15 is 0 Å². The molecule has 0 radical (unpaired) electrons. The van der Waals surface area contributed by atoms with E-state index in [0.717, 1.165) is 0 Å². The monoisotopic (exact) mass is 268 g/mol. The molecule has 106 valence electrons. The van der Waals surface area contributed by atoms with Gasteiger partial charge in [0.25, 0.3) is 0 Å². The Morgan fingerprint density at radius 3 is 2.53 bits per heavy atom. The van der Waals surface area contributed by atoms with E-state index < -0.39 is 4.92 Å². The first-order valence-corrected chi connectivity index (χ1v) is 6.07. The Balaban J connectivity index is 2.95. The summed E-state index contributed by atoms with van der Waals surface area (Å²) in [6.07, 6.45) is 0. The highest BCUT2D eigenvalue weighted by Gasteiger charge is 2.18. The molecule has 0 aromatic heterocycles. The molecule has 0 bridgehead atoms. The first-order chi connectivity index (χ1) is 8.99. The van der Waals surface area contributed by atoms with Crippen LogP contribution in [0.5, 0.6) is 5.75 Å². The average Bonchev–Trinajstić information content (AvgIpc) is 2.37. The highest BCUT2D eigenvalue weighted by atomic mass is 16.6. The highest BCUT2D eigenvalue weighted by molar-refractivity contribution is 5.58. The Morgan fingerprint density at radius 1 is 1.37 bits per heavy atom. The lowest BCUT2D eigenvalue weighted by atomic mass is 10.0. The third-order valence-electron chi connectivity index (χ3n) is 2.88. The molecule has 6 heteroatoms. The van der Waals surface area contributed by atoms with E-state index in [9.17, 15) is 10.1 Å². The number of benzene rings is 1. The predicted molar refractivity (Wildman–Crippen MR) is 73.8 cm³/mol. The number of methoxy groups -OCH3 is 2. The lowest BCUT2D eigenvalue weighted by Gasteiger charge is -2.22. The second-order valence-electron chi connectivity index (χ2n) is 4.59. The van der Waals surface area contributed by atoms with Gasteiger partial charge in [-0.1, -0.05) is 13.8 Å². The topological polar surface area (TPSA) is 73.6 Å². The van der Waals surface area contributed by atoms with Crippen molar-refractivity contribution in [2.75, 3.05) is 26.1 Å². The number of hydrogen-bond donors (Lipinski definition) is 1. The number of nitrogens with one attached hydrogen (secondary N) is 1. The quantitative estimate of drug-likeness (QED) is 0.608. The predicted octanol–water partition coefficient (Wildman–Crippen LogP) is 2.69. The smallest absolute Gasteiger partial charge is 0.312 e. The van der Waals surface area contributed by atoms with Gasteiger partial charge in [-0.3, -0.25) is 10.1 Å². The van der Waals surface area contributed by atoms with Crippen molar-refractivity contribution >= 4 is 11.4 Å². The maximum atomic E-state index is 11.0. The first kappa shape index (κ1) is 15.2. The molecule has 0 saturated heterocycles. The fourth-order valence-corrected chi connectivity index (χ4v) is 1.72. The van der Waals surface area contributed by atoms with Crippen LogP contribution in [-0.2, 0) is 4.74 Å². The summed E-state index contributed by atoms with van der Waals surface area (Å²) in [5, 5.41) is 14.2. The largest absolute Gasteiger partial charge is 0.490 e. The highest BCUT2D eigenvalue weighted by Crippen LogP contribution is 2.30. The van der Waals surface area contributed by atoms with Crippen LogP contribution >= 0.6 is 0 Å². The summed E-state index contributed by atoms with van der Waals surface area (Å²) < 4.78 is 10.1. The van der Waals surface area contributed by atoms with Crippen LogP contribution in [0.1, 0.15) is 13.8 Å². The number of hydrogen-bond acceptors (Lipinski definition) is 5. The number of nitrogens with zero attached hydrogens (tertiary/aromatic N) is 1. The van der Waals surface area contributed by atoms with Gasteiger partial charge in [-0.15, -0.1) is 0 Å². The third kappa shape index (κ3) is 4.10. The molecular weight excluding hydrogens is 248 g/mol. The molecule has 0 aliphatic carbocycles. The zero-order valence-electron chi connectivity index (χ0n) is 11.7. The molecular formula is C13H20N2O4. The van der Waals surface area contributed by atoms with Gasteiger partial charge >= 0.3 is 5.69 Å². The van der Waals surface area contributed by atoms with Crippen LogP contribution < -0.4 is 10.1 Å². The zero-order chi connectivity index (χ0) is 14.4. The Kier molecular flexibility index (Phi) is 5.57. The molecule has 1 unspecified atom stereocenters. The molecule has 1 N–H and O–H groups in total. The summed E-state index contributed by atoms with van der Waals surface area (Å²) in [4.78, 5) is 10.5. The fraction of sp³-hybridized carbons (Fsp3) is 0.538. The maximum Gasteiger partial charge on any atom is 0.312 e. The van der Waals surface area contributed by atoms with Crippen LogP contribution in [0, 0.1) is 16.0 Å². The van der Waals surface area contributed by atoms with Gasteiger partial charge in [0.15, 0.2) is 5.75 Å². The molecule has 0 amide bonds. The molecule has 0 heterocycles. The second kappa shape index (κ2) is 6.94. The summed E-state index contributed by atoms with van der Waals surface area (Å²) in [6, 6.07) is 4.92. The number of nitro groups is 1. The van der Waals surface area contributed by atoms with E-state index in [1.807, 2.05) is 0 Å². The minimum absolute atomic E-state index is 0.0487. The van der Waals surface area contributed by atoms with Crippen LogP contribution in [0.25, 0.3) is 0 Å².